The topological polar surface area (TPSA) is 66.1 Å². The molecule has 4 aromatic carbocycles. The Balaban J connectivity index is 1.54. The van der Waals surface area contributed by atoms with Crippen molar-refractivity contribution in [1.82, 2.24) is 14.9 Å². The van der Waals surface area contributed by atoms with Gasteiger partial charge in [0.15, 0.2) is 0 Å². The van der Waals surface area contributed by atoms with Gasteiger partial charge in [-0.3, -0.25) is 14.5 Å². The van der Waals surface area contributed by atoms with Gasteiger partial charge in [-0.1, -0.05) is 109 Å². The number of imidazole rings is 1. The molecule has 1 N–H and O–H groups in total. The number of benzene rings is 4. The van der Waals surface area contributed by atoms with Crippen molar-refractivity contribution in [3.8, 4) is 12.3 Å². The predicted octanol–water partition coefficient (Wildman–Crippen LogP) is 5.76. The summed E-state index contributed by atoms with van der Waals surface area (Å²) in [5, 5.41) is 0. The van der Waals surface area contributed by atoms with Gasteiger partial charge in [-0.15, -0.1) is 6.42 Å². The number of nitrogens with one attached hydrogen (secondary N) is 1. The fraction of sp³-hybridized carbons (Fsp3) is 0.0606. The van der Waals surface area contributed by atoms with Crippen molar-refractivity contribution < 1.29 is 9.59 Å². The van der Waals surface area contributed by atoms with Gasteiger partial charge in [0.2, 0.25) is 0 Å². The van der Waals surface area contributed by atoms with Crippen molar-refractivity contribution in [2.75, 3.05) is 0 Å². The lowest BCUT2D eigenvalue weighted by molar-refractivity contribution is 0.0617. The maximum atomic E-state index is 13.2. The van der Waals surface area contributed by atoms with E-state index in [0.717, 1.165) is 21.6 Å². The number of imide groups is 1. The molecule has 0 fully saturated rings. The molecule has 0 bridgehead atoms. The standard InChI is InChI=1S/C33H23N3O2/c1-2-29(36-30(37)26-20-12-13-21-27(26)31(36)38)28-22-34-32(35-28)33(23-14-6-3-7-15-23,24-16-8-4-9-17-24)25-18-10-5-11-19-25/h1,3-22,29H,(H,34,35). The van der Waals surface area contributed by atoms with E-state index in [1.165, 1.54) is 0 Å². The summed E-state index contributed by atoms with van der Waals surface area (Å²) in [6, 6.07) is 36.2. The Kier molecular flexibility index (Phi) is 5.71. The molecule has 5 nitrogen and oxygen atoms in total. The van der Waals surface area contributed by atoms with E-state index in [-0.39, 0.29) is 0 Å². The highest BCUT2D eigenvalue weighted by Gasteiger charge is 2.44. The summed E-state index contributed by atoms with van der Waals surface area (Å²) in [6.07, 6.45) is 7.65. The number of amides is 2. The lowest BCUT2D eigenvalue weighted by Gasteiger charge is -2.34. The third kappa shape index (κ3) is 3.47. The number of carbonyl (C=O) groups excluding carboxylic acids is 2. The Morgan fingerprint density at radius 1 is 0.684 bits per heavy atom. The zero-order valence-electron chi connectivity index (χ0n) is 20.4. The number of hydrogen-bond donors (Lipinski definition) is 1. The van der Waals surface area contributed by atoms with Crippen LogP contribution in [0.15, 0.2) is 121 Å². The van der Waals surface area contributed by atoms with E-state index in [9.17, 15) is 9.59 Å². The summed E-state index contributed by atoms with van der Waals surface area (Å²) in [5.41, 5.74) is 3.35. The lowest BCUT2D eigenvalue weighted by atomic mass is 9.69. The monoisotopic (exact) mass is 493 g/mol. The number of H-pyrrole nitrogens is 1. The quantitative estimate of drug-likeness (QED) is 0.186. The van der Waals surface area contributed by atoms with Gasteiger partial charge in [-0.2, -0.15) is 0 Å². The molecular formula is C33H23N3O2. The van der Waals surface area contributed by atoms with E-state index in [4.69, 9.17) is 11.4 Å². The van der Waals surface area contributed by atoms with Gasteiger partial charge < -0.3 is 4.98 Å². The van der Waals surface area contributed by atoms with Crippen molar-refractivity contribution in [2.24, 2.45) is 0 Å². The fourth-order valence-corrected chi connectivity index (χ4v) is 5.38. The van der Waals surface area contributed by atoms with Crippen LogP contribution in [0.4, 0.5) is 0 Å². The van der Waals surface area contributed by atoms with E-state index in [0.29, 0.717) is 22.6 Å². The van der Waals surface area contributed by atoms with Crippen molar-refractivity contribution in [1.29, 1.82) is 0 Å². The Bertz CT molecular complexity index is 1540. The number of carbonyl (C=O) groups is 2. The van der Waals surface area contributed by atoms with Gasteiger partial charge in [0.25, 0.3) is 11.8 Å². The second kappa shape index (κ2) is 9.34. The van der Waals surface area contributed by atoms with E-state index in [2.05, 4.69) is 47.3 Å². The number of rotatable bonds is 6. The average Bonchev–Trinajstić information content (AvgIpc) is 3.56. The zero-order chi connectivity index (χ0) is 26.1. The maximum absolute atomic E-state index is 13.2. The van der Waals surface area contributed by atoms with Gasteiger partial charge in [-0.05, 0) is 28.8 Å². The van der Waals surface area contributed by atoms with E-state index in [1.807, 2.05) is 54.6 Å². The van der Waals surface area contributed by atoms with Crippen LogP contribution in [0.3, 0.4) is 0 Å². The second-order valence-corrected chi connectivity index (χ2v) is 9.12. The minimum Gasteiger partial charge on any atom is -0.347 e. The molecule has 1 atom stereocenters. The Labute approximate surface area is 220 Å². The molecule has 1 aliphatic rings. The number of fused-ring (bicyclic) bond motifs is 1. The summed E-state index contributed by atoms with van der Waals surface area (Å²) in [5.74, 6) is 2.44. The fourth-order valence-electron chi connectivity index (χ4n) is 5.38. The number of hydrogen-bond acceptors (Lipinski definition) is 3. The highest BCUT2D eigenvalue weighted by molar-refractivity contribution is 6.21. The molecule has 2 heterocycles. The maximum Gasteiger partial charge on any atom is 0.262 e. The van der Waals surface area contributed by atoms with E-state index >= 15 is 0 Å². The molecule has 0 spiro atoms. The van der Waals surface area contributed by atoms with Crippen LogP contribution < -0.4 is 0 Å². The smallest absolute Gasteiger partial charge is 0.262 e. The first-order valence-electron chi connectivity index (χ1n) is 12.3. The normalized spacial score (nSPS) is 13.7. The largest absolute Gasteiger partial charge is 0.347 e. The average molecular weight is 494 g/mol. The number of aromatic nitrogens is 2. The van der Waals surface area contributed by atoms with Crippen LogP contribution >= 0.6 is 0 Å². The van der Waals surface area contributed by atoms with Gasteiger partial charge in [0.1, 0.15) is 17.3 Å². The van der Waals surface area contributed by atoms with Crippen LogP contribution in [0.5, 0.6) is 0 Å². The highest BCUT2D eigenvalue weighted by Crippen LogP contribution is 2.44. The van der Waals surface area contributed by atoms with Crippen LogP contribution in [0.1, 0.15) is 55.0 Å². The second-order valence-electron chi connectivity index (χ2n) is 9.12. The van der Waals surface area contributed by atoms with Gasteiger partial charge >= 0.3 is 0 Å². The summed E-state index contributed by atoms with van der Waals surface area (Å²) >= 11 is 0. The van der Waals surface area contributed by atoms with Crippen LogP contribution in [-0.4, -0.2) is 26.7 Å². The molecule has 5 aromatic rings. The molecular weight excluding hydrogens is 470 g/mol. The lowest BCUT2D eigenvalue weighted by Crippen LogP contribution is -2.34. The molecule has 38 heavy (non-hydrogen) atoms. The minimum absolute atomic E-state index is 0.348. The first-order chi connectivity index (χ1) is 18.7. The number of nitrogens with zero attached hydrogens (tertiary/aromatic N) is 2. The molecule has 5 heteroatoms. The third-order valence-electron chi connectivity index (χ3n) is 7.09. The van der Waals surface area contributed by atoms with Crippen LogP contribution in [-0.2, 0) is 5.41 Å². The first-order valence-corrected chi connectivity index (χ1v) is 12.3. The molecule has 1 aliphatic heterocycles. The Morgan fingerprint density at radius 2 is 1.11 bits per heavy atom. The van der Waals surface area contributed by atoms with Crippen molar-refractivity contribution in [3.05, 3.63) is 161 Å². The Morgan fingerprint density at radius 3 is 1.53 bits per heavy atom. The molecule has 0 saturated carbocycles. The molecule has 0 radical (unpaired) electrons. The van der Waals surface area contributed by atoms with Gasteiger partial charge in [0, 0.05) is 6.20 Å². The van der Waals surface area contributed by atoms with Gasteiger partial charge in [-0.25, -0.2) is 4.98 Å². The van der Waals surface area contributed by atoms with Gasteiger partial charge in [0.05, 0.1) is 16.8 Å². The van der Waals surface area contributed by atoms with Crippen LogP contribution in [0.25, 0.3) is 0 Å². The summed E-state index contributed by atoms with van der Waals surface area (Å²) in [6.45, 7) is 0. The first kappa shape index (κ1) is 23.2. The zero-order valence-corrected chi connectivity index (χ0v) is 20.4. The van der Waals surface area contributed by atoms with Crippen molar-refractivity contribution in [2.45, 2.75) is 11.5 Å². The summed E-state index contributed by atoms with van der Waals surface area (Å²) in [4.78, 5) is 36.0. The van der Waals surface area contributed by atoms with Crippen LogP contribution in [0.2, 0.25) is 0 Å². The highest BCUT2D eigenvalue weighted by atomic mass is 16.2. The van der Waals surface area contributed by atoms with Crippen molar-refractivity contribution in [3.63, 3.8) is 0 Å². The molecule has 1 unspecified atom stereocenters. The van der Waals surface area contributed by atoms with Crippen molar-refractivity contribution >= 4 is 11.8 Å². The molecule has 0 aliphatic carbocycles. The summed E-state index contributed by atoms with van der Waals surface area (Å²) in [7, 11) is 0. The molecule has 2 amide bonds. The summed E-state index contributed by atoms with van der Waals surface area (Å²) < 4.78 is 0. The SMILES string of the molecule is C#CC(c1c[nH]c(C(c2ccccc2)(c2ccccc2)c2ccccc2)n1)N1C(=O)c2ccccc2C1=O. The van der Waals surface area contributed by atoms with E-state index in [1.54, 1.807) is 30.5 Å². The molecule has 6 rings (SSSR count). The Hall–Kier alpha value is -5.21. The number of aromatic amines is 1. The molecule has 1 aromatic heterocycles. The predicted molar refractivity (Wildman–Crippen MR) is 145 cm³/mol. The van der Waals surface area contributed by atoms with E-state index < -0.39 is 23.3 Å². The number of terminal acetylenes is 1. The molecule has 182 valence electrons. The minimum atomic E-state index is -0.965. The van der Waals surface area contributed by atoms with Crippen LogP contribution in [0, 0.1) is 12.3 Å². The third-order valence-corrected chi connectivity index (χ3v) is 7.09. The molecule has 0 saturated heterocycles.